The normalized spacial score (nSPS) is 12.5. The summed E-state index contributed by atoms with van der Waals surface area (Å²) in [5.74, 6) is 1.17. The average molecular weight is 328 g/mol. The van der Waals surface area contributed by atoms with Gasteiger partial charge >= 0.3 is 0 Å². The Labute approximate surface area is 135 Å². The van der Waals surface area contributed by atoms with Gasteiger partial charge in [0.1, 0.15) is 9.71 Å². The van der Waals surface area contributed by atoms with Gasteiger partial charge in [0.2, 0.25) is 6.79 Å². The van der Waals surface area contributed by atoms with Gasteiger partial charge in [-0.1, -0.05) is 6.07 Å². The average Bonchev–Trinajstić information content (AvgIpc) is 3.17. The van der Waals surface area contributed by atoms with E-state index in [9.17, 15) is 4.79 Å². The van der Waals surface area contributed by atoms with E-state index < -0.39 is 0 Å². The van der Waals surface area contributed by atoms with Crippen molar-refractivity contribution in [2.45, 2.75) is 6.54 Å². The summed E-state index contributed by atoms with van der Waals surface area (Å²) in [7, 11) is 0. The SMILES string of the molecule is Nc1c(C(=O)NCc2ccc3c(c2)OCO3)sc2nnccc12. The lowest BCUT2D eigenvalue weighted by molar-refractivity contribution is 0.0955. The van der Waals surface area contributed by atoms with Crippen LogP contribution in [0.2, 0.25) is 0 Å². The van der Waals surface area contributed by atoms with Gasteiger partial charge < -0.3 is 20.5 Å². The third kappa shape index (κ3) is 2.42. The van der Waals surface area contributed by atoms with Gasteiger partial charge in [0.15, 0.2) is 11.5 Å². The number of nitrogens with zero attached hydrogens (tertiary/aromatic N) is 2. The second kappa shape index (κ2) is 5.40. The van der Waals surface area contributed by atoms with Crippen LogP contribution in [0.25, 0.3) is 10.2 Å². The van der Waals surface area contributed by atoms with Crippen molar-refractivity contribution in [1.82, 2.24) is 15.5 Å². The van der Waals surface area contributed by atoms with Crippen LogP contribution in [0.15, 0.2) is 30.5 Å². The molecule has 23 heavy (non-hydrogen) atoms. The molecule has 0 fully saturated rings. The number of aromatic nitrogens is 2. The predicted molar refractivity (Wildman–Crippen MR) is 85.6 cm³/mol. The molecule has 0 aliphatic carbocycles. The van der Waals surface area contributed by atoms with E-state index >= 15 is 0 Å². The van der Waals surface area contributed by atoms with Crippen molar-refractivity contribution in [3.8, 4) is 11.5 Å². The summed E-state index contributed by atoms with van der Waals surface area (Å²) in [6.07, 6.45) is 1.56. The summed E-state index contributed by atoms with van der Waals surface area (Å²) in [4.78, 5) is 13.5. The van der Waals surface area contributed by atoms with Crippen molar-refractivity contribution in [2.24, 2.45) is 0 Å². The van der Waals surface area contributed by atoms with Gasteiger partial charge in [-0.15, -0.1) is 16.4 Å². The molecular weight excluding hydrogens is 316 g/mol. The molecule has 3 N–H and O–H groups in total. The fourth-order valence-electron chi connectivity index (χ4n) is 2.36. The van der Waals surface area contributed by atoms with Gasteiger partial charge in [0.25, 0.3) is 5.91 Å². The molecule has 0 spiro atoms. The number of anilines is 1. The molecule has 1 aliphatic heterocycles. The number of carbonyl (C=O) groups excluding carboxylic acids is 1. The Kier molecular flexibility index (Phi) is 3.23. The van der Waals surface area contributed by atoms with Crippen LogP contribution < -0.4 is 20.5 Å². The number of fused-ring (bicyclic) bond motifs is 2. The van der Waals surface area contributed by atoms with E-state index in [0.717, 1.165) is 10.9 Å². The number of benzene rings is 1. The molecule has 0 atom stereocenters. The highest BCUT2D eigenvalue weighted by molar-refractivity contribution is 7.21. The van der Waals surface area contributed by atoms with Gasteiger partial charge in [-0.05, 0) is 23.8 Å². The molecule has 8 heteroatoms. The first-order valence-corrected chi connectivity index (χ1v) is 7.70. The summed E-state index contributed by atoms with van der Waals surface area (Å²) >= 11 is 1.23. The van der Waals surface area contributed by atoms with Crippen LogP contribution in [0, 0.1) is 0 Å². The largest absolute Gasteiger partial charge is 0.454 e. The summed E-state index contributed by atoms with van der Waals surface area (Å²) in [5, 5.41) is 11.4. The fraction of sp³-hybridized carbons (Fsp3) is 0.133. The lowest BCUT2D eigenvalue weighted by Gasteiger charge is -2.05. The highest BCUT2D eigenvalue weighted by Crippen LogP contribution is 2.33. The van der Waals surface area contributed by atoms with E-state index in [2.05, 4.69) is 15.5 Å². The summed E-state index contributed by atoms with van der Waals surface area (Å²) < 4.78 is 10.6. The third-order valence-electron chi connectivity index (χ3n) is 3.52. The number of carbonyl (C=O) groups is 1. The van der Waals surface area contributed by atoms with Crippen molar-refractivity contribution < 1.29 is 14.3 Å². The van der Waals surface area contributed by atoms with Crippen LogP contribution >= 0.6 is 11.3 Å². The van der Waals surface area contributed by atoms with E-state index in [4.69, 9.17) is 15.2 Å². The molecule has 1 aromatic carbocycles. The zero-order valence-corrected chi connectivity index (χ0v) is 12.7. The molecule has 7 nitrogen and oxygen atoms in total. The van der Waals surface area contributed by atoms with Crippen molar-refractivity contribution in [3.63, 3.8) is 0 Å². The van der Waals surface area contributed by atoms with Crippen molar-refractivity contribution >= 4 is 33.1 Å². The monoisotopic (exact) mass is 328 g/mol. The number of nitrogens with one attached hydrogen (secondary N) is 1. The number of hydrogen-bond acceptors (Lipinski definition) is 7. The standard InChI is InChI=1S/C15H12N4O3S/c16-12-9-3-4-18-19-15(9)23-13(12)14(20)17-6-8-1-2-10-11(5-8)22-7-21-10/h1-5H,6-7,16H2,(H,17,20). The lowest BCUT2D eigenvalue weighted by atomic mass is 10.2. The molecule has 116 valence electrons. The molecule has 0 radical (unpaired) electrons. The third-order valence-corrected chi connectivity index (χ3v) is 4.62. The molecule has 3 aromatic rings. The Morgan fingerprint density at radius 2 is 2.17 bits per heavy atom. The Balaban J connectivity index is 1.52. The Hall–Kier alpha value is -2.87. The molecule has 0 saturated carbocycles. The summed E-state index contributed by atoms with van der Waals surface area (Å²) in [6.45, 7) is 0.597. The smallest absolute Gasteiger partial charge is 0.263 e. The van der Waals surface area contributed by atoms with Gasteiger partial charge in [-0.25, -0.2) is 0 Å². The van der Waals surface area contributed by atoms with Crippen molar-refractivity contribution in [3.05, 3.63) is 40.9 Å². The second-order valence-electron chi connectivity index (χ2n) is 4.97. The first kappa shape index (κ1) is 13.8. The predicted octanol–water partition coefficient (Wildman–Crippen LogP) is 1.93. The number of thiophene rings is 1. The first-order chi connectivity index (χ1) is 11.2. The maximum absolute atomic E-state index is 12.4. The van der Waals surface area contributed by atoms with E-state index in [0.29, 0.717) is 33.4 Å². The number of nitrogen functional groups attached to an aromatic ring is 1. The van der Waals surface area contributed by atoms with Crippen LogP contribution in [0.1, 0.15) is 15.2 Å². The minimum absolute atomic E-state index is 0.227. The molecule has 2 aromatic heterocycles. The van der Waals surface area contributed by atoms with E-state index in [-0.39, 0.29) is 12.7 Å². The zero-order chi connectivity index (χ0) is 15.8. The van der Waals surface area contributed by atoms with Crippen molar-refractivity contribution in [1.29, 1.82) is 0 Å². The van der Waals surface area contributed by atoms with E-state index in [1.807, 2.05) is 18.2 Å². The van der Waals surface area contributed by atoms with Crippen molar-refractivity contribution in [2.75, 3.05) is 12.5 Å². The highest BCUT2D eigenvalue weighted by atomic mass is 32.1. The fourth-order valence-corrected chi connectivity index (χ4v) is 3.31. The summed E-state index contributed by atoms with van der Waals surface area (Å²) in [6, 6.07) is 7.31. The lowest BCUT2D eigenvalue weighted by Crippen LogP contribution is -2.22. The van der Waals surface area contributed by atoms with E-state index in [1.54, 1.807) is 12.3 Å². The molecule has 3 heterocycles. The van der Waals surface area contributed by atoms with Gasteiger partial charge in [0.05, 0.1) is 11.9 Å². The van der Waals surface area contributed by atoms with E-state index in [1.165, 1.54) is 11.3 Å². The first-order valence-electron chi connectivity index (χ1n) is 6.89. The minimum Gasteiger partial charge on any atom is -0.454 e. The van der Waals surface area contributed by atoms with Crippen LogP contribution in [-0.4, -0.2) is 22.9 Å². The topological polar surface area (TPSA) is 99.4 Å². The van der Waals surface area contributed by atoms with Gasteiger partial charge in [-0.2, -0.15) is 5.10 Å². The minimum atomic E-state index is -0.233. The number of ether oxygens (including phenoxy) is 2. The summed E-state index contributed by atoms with van der Waals surface area (Å²) in [5.41, 5.74) is 7.38. The van der Waals surface area contributed by atoms with Crippen LogP contribution in [0.3, 0.4) is 0 Å². The number of rotatable bonds is 3. The molecular formula is C15H12N4O3S. The molecule has 0 bridgehead atoms. The Bertz CT molecular complexity index is 909. The maximum Gasteiger partial charge on any atom is 0.263 e. The molecule has 0 saturated heterocycles. The van der Waals surface area contributed by atoms with Crippen LogP contribution in [0.4, 0.5) is 5.69 Å². The Morgan fingerprint density at radius 1 is 1.30 bits per heavy atom. The second-order valence-corrected chi connectivity index (χ2v) is 5.96. The molecule has 4 rings (SSSR count). The molecule has 1 aliphatic rings. The quantitative estimate of drug-likeness (QED) is 0.762. The van der Waals surface area contributed by atoms with Crippen LogP contribution in [-0.2, 0) is 6.54 Å². The highest BCUT2D eigenvalue weighted by Gasteiger charge is 2.18. The number of hydrogen-bond donors (Lipinski definition) is 2. The molecule has 0 unspecified atom stereocenters. The maximum atomic E-state index is 12.4. The van der Waals surface area contributed by atoms with Gasteiger partial charge in [-0.3, -0.25) is 4.79 Å². The zero-order valence-electron chi connectivity index (χ0n) is 11.9. The van der Waals surface area contributed by atoms with Crippen LogP contribution in [0.5, 0.6) is 11.5 Å². The van der Waals surface area contributed by atoms with Gasteiger partial charge in [0, 0.05) is 11.9 Å². The Morgan fingerprint density at radius 3 is 3.04 bits per heavy atom. The number of nitrogens with two attached hydrogens (primary N) is 1. The molecule has 1 amide bonds. The number of amides is 1.